The number of sulfonamides is 1. The molecule has 0 aliphatic heterocycles. The Morgan fingerprint density at radius 3 is 2.52 bits per heavy atom. The van der Waals surface area contributed by atoms with Gasteiger partial charge in [0.15, 0.2) is 0 Å². The number of rotatable bonds is 8. The molecule has 0 aliphatic rings. The molecule has 0 bridgehead atoms. The van der Waals surface area contributed by atoms with Gasteiger partial charge in [0.25, 0.3) is 0 Å². The van der Waals surface area contributed by atoms with Gasteiger partial charge in [0.2, 0.25) is 15.9 Å². The van der Waals surface area contributed by atoms with Crippen LogP contribution in [0.15, 0.2) is 65.7 Å². The van der Waals surface area contributed by atoms with Crippen LogP contribution in [0.1, 0.15) is 24.1 Å². The summed E-state index contributed by atoms with van der Waals surface area (Å²) < 4.78 is 24.5. The first kappa shape index (κ1) is 23.0. The molecule has 0 fully saturated rings. The SMILES string of the molecule is CC(c1ccc(S(N)(=O)=O)cc1)N(C)CC(=O)Nc1ccnn1Cc1ccccc1Cl. The minimum absolute atomic E-state index is 0.0515. The van der Waals surface area contributed by atoms with Gasteiger partial charge in [-0.25, -0.2) is 18.2 Å². The van der Waals surface area contributed by atoms with Crippen molar-refractivity contribution in [2.24, 2.45) is 5.14 Å². The van der Waals surface area contributed by atoms with E-state index in [4.69, 9.17) is 16.7 Å². The average molecular weight is 462 g/mol. The molecule has 1 unspecified atom stereocenters. The van der Waals surface area contributed by atoms with Gasteiger partial charge in [-0.2, -0.15) is 5.10 Å². The number of primary sulfonamides is 1. The van der Waals surface area contributed by atoms with Crippen molar-refractivity contribution in [3.05, 3.63) is 76.9 Å². The normalized spacial score (nSPS) is 12.7. The minimum atomic E-state index is -3.74. The molecule has 0 saturated carbocycles. The van der Waals surface area contributed by atoms with Crippen molar-refractivity contribution in [1.29, 1.82) is 0 Å². The first-order valence-corrected chi connectivity index (χ1v) is 11.5. The van der Waals surface area contributed by atoms with E-state index in [1.165, 1.54) is 12.1 Å². The highest BCUT2D eigenvalue weighted by atomic mass is 35.5. The molecule has 3 rings (SSSR count). The Labute approximate surface area is 186 Å². The monoisotopic (exact) mass is 461 g/mol. The molecule has 8 nitrogen and oxygen atoms in total. The quantitative estimate of drug-likeness (QED) is 0.536. The molecular weight excluding hydrogens is 438 g/mol. The topological polar surface area (TPSA) is 110 Å². The first-order chi connectivity index (χ1) is 14.6. The first-order valence-electron chi connectivity index (χ1n) is 9.53. The van der Waals surface area contributed by atoms with Gasteiger partial charge in [0, 0.05) is 17.1 Å². The molecule has 3 N–H and O–H groups in total. The van der Waals surface area contributed by atoms with Crippen molar-refractivity contribution in [1.82, 2.24) is 14.7 Å². The van der Waals surface area contributed by atoms with Crippen molar-refractivity contribution >= 4 is 33.3 Å². The summed E-state index contributed by atoms with van der Waals surface area (Å²) in [6.07, 6.45) is 1.62. The number of likely N-dealkylation sites (N-methyl/N-ethyl adjacent to an activating group) is 1. The molecule has 1 heterocycles. The number of carbonyl (C=O) groups excluding carboxylic acids is 1. The Bertz CT molecular complexity index is 1160. The molecule has 2 aromatic carbocycles. The minimum Gasteiger partial charge on any atom is -0.310 e. The summed E-state index contributed by atoms with van der Waals surface area (Å²) >= 11 is 6.22. The number of hydrogen-bond acceptors (Lipinski definition) is 5. The van der Waals surface area contributed by atoms with Gasteiger partial charge in [-0.1, -0.05) is 41.9 Å². The number of nitrogens with zero attached hydrogens (tertiary/aromatic N) is 3. The lowest BCUT2D eigenvalue weighted by Crippen LogP contribution is -2.32. The molecule has 1 amide bonds. The van der Waals surface area contributed by atoms with Crippen LogP contribution in [0.25, 0.3) is 0 Å². The van der Waals surface area contributed by atoms with Gasteiger partial charge in [-0.05, 0) is 43.3 Å². The van der Waals surface area contributed by atoms with Crippen LogP contribution >= 0.6 is 11.6 Å². The Hall–Kier alpha value is -2.72. The Kier molecular flexibility index (Phi) is 7.11. The second-order valence-electron chi connectivity index (χ2n) is 7.22. The van der Waals surface area contributed by atoms with Gasteiger partial charge in [0.05, 0.1) is 24.2 Å². The number of nitrogens with two attached hydrogens (primary N) is 1. The zero-order valence-corrected chi connectivity index (χ0v) is 18.8. The van der Waals surface area contributed by atoms with E-state index >= 15 is 0 Å². The fourth-order valence-electron chi connectivity index (χ4n) is 3.09. The van der Waals surface area contributed by atoms with E-state index < -0.39 is 10.0 Å². The maximum Gasteiger partial charge on any atom is 0.239 e. The van der Waals surface area contributed by atoms with E-state index in [-0.39, 0.29) is 23.4 Å². The lowest BCUT2D eigenvalue weighted by Gasteiger charge is -2.24. The molecule has 1 atom stereocenters. The van der Waals surface area contributed by atoms with Gasteiger partial charge in [-0.15, -0.1) is 0 Å². The van der Waals surface area contributed by atoms with E-state index in [0.29, 0.717) is 17.4 Å². The number of benzene rings is 2. The second-order valence-corrected chi connectivity index (χ2v) is 9.19. The summed E-state index contributed by atoms with van der Waals surface area (Å²) in [5, 5.41) is 12.9. The van der Waals surface area contributed by atoms with Crippen LogP contribution < -0.4 is 10.5 Å². The number of nitrogens with one attached hydrogen (secondary N) is 1. The van der Waals surface area contributed by atoms with Crippen LogP contribution in [0.4, 0.5) is 5.82 Å². The molecule has 0 aliphatic carbocycles. The number of hydrogen-bond donors (Lipinski definition) is 2. The van der Waals surface area contributed by atoms with Gasteiger partial charge < -0.3 is 5.32 Å². The maximum absolute atomic E-state index is 12.6. The molecule has 10 heteroatoms. The number of aromatic nitrogens is 2. The Morgan fingerprint density at radius 1 is 1.19 bits per heavy atom. The van der Waals surface area contributed by atoms with Crippen molar-refractivity contribution in [2.45, 2.75) is 24.4 Å². The number of amides is 1. The predicted octanol–water partition coefficient (Wildman–Crippen LogP) is 2.86. The largest absolute Gasteiger partial charge is 0.310 e. The average Bonchev–Trinajstić information content (AvgIpc) is 3.15. The smallest absolute Gasteiger partial charge is 0.239 e. The van der Waals surface area contributed by atoms with Crippen LogP contribution in [-0.4, -0.2) is 42.6 Å². The second kappa shape index (κ2) is 9.61. The van der Waals surface area contributed by atoms with Crippen molar-refractivity contribution in [3.8, 4) is 0 Å². The molecule has 0 spiro atoms. The molecule has 0 saturated heterocycles. The summed E-state index contributed by atoms with van der Waals surface area (Å²) in [7, 11) is -1.92. The summed E-state index contributed by atoms with van der Waals surface area (Å²) in [6.45, 7) is 2.50. The van der Waals surface area contributed by atoms with Crippen molar-refractivity contribution < 1.29 is 13.2 Å². The van der Waals surface area contributed by atoms with Gasteiger partial charge in [0.1, 0.15) is 5.82 Å². The predicted molar refractivity (Wildman–Crippen MR) is 120 cm³/mol. The Balaban J connectivity index is 1.62. The third-order valence-electron chi connectivity index (χ3n) is 5.01. The standard InChI is InChI=1S/C21H24ClN5O3S/c1-15(16-7-9-18(10-8-16)31(23,29)30)26(2)14-21(28)25-20-11-12-24-27(20)13-17-5-3-4-6-19(17)22/h3-12,15H,13-14H2,1-2H3,(H,25,28)(H2,23,29,30). The number of halogens is 1. The highest BCUT2D eigenvalue weighted by Crippen LogP contribution is 2.21. The highest BCUT2D eigenvalue weighted by molar-refractivity contribution is 7.89. The third-order valence-corrected chi connectivity index (χ3v) is 6.31. The highest BCUT2D eigenvalue weighted by Gasteiger charge is 2.17. The zero-order chi connectivity index (χ0) is 22.6. The molecule has 3 aromatic rings. The van der Waals surface area contributed by atoms with Crippen LogP contribution in [0.5, 0.6) is 0 Å². The maximum atomic E-state index is 12.6. The summed E-state index contributed by atoms with van der Waals surface area (Å²) in [6, 6.07) is 15.4. The van der Waals surface area contributed by atoms with Crippen molar-refractivity contribution in [3.63, 3.8) is 0 Å². The van der Waals surface area contributed by atoms with E-state index in [2.05, 4.69) is 10.4 Å². The summed E-state index contributed by atoms with van der Waals surface area (Å²) in [5.41, 5.74) is 1.77. The molecule has 164 valence electrons. The third kappa shape index (κ3) is 5.92. The lowest BCUT2D eigenvalue weighted by atomic mass is 10.1. The molecule has 0 radical (unpaired) electrons. The molecule has 1 aromatic heterocycles. The van der Waals surface area contributed by atoms with E-state index in [9.17, 15) is 13.2 Å². The van der Waals surface area contributed by atoms with Gasteiger partial charge >= 0.3 is 0 Å². The van der Waals surface area contributed by atoms with Crippen molar-refractivity contribution in [2.75, 3.05) is 18.9 Å². The van der Waals surface area contributed by atoms with Gasteiger partial charge in [-0.3, -0.25) is 9.69 Å². The van der Waals surface area contributed by atoms with E-state index in [1.54, 1.807) is 29.1 Å². The summed E-state index contributed by atoms with van der Waals surface area (Å²) in [5.74, 6) is 0.375. The fourth-order valence-corrected chi connectivity index (χ4v) is 3.80. The number of anilines is 1. The lowest BCUT2D eigenvalue weighted by molar-refractivity contribution is -0.117. The van der Waals surface area contributed by atoms with Crippen LogP contribution in [0.3, 0.4) is 0 Å². The van der Waals surface area contributed by atoms with Crippen LogP contribution in [-0.2, 0) is 21.4 Å². The van der Waals surface area contributed by atoms with E-state index in [0.717, 1.165) is 11.1 Å². The molecule has 31 heavy (non-hydrogen) atoms. The Morgan fingerprint density at radius 2 is 1.87 bits per heavy atom. The van der Waals surface area contributed by atoms with Crippen LogP contribution in [0, 0.1) is 0 Å². The number of carbonyl (C=O) groups is 1. The van der Waals surface area contributed by atoms with E-state index in [1.807, 2.05) is 43.1 Å². The molecular formula is C21H24ClN5O3S. The summed E-state index contributed by atoms with van der Waals surface area (Å²) in [4.78, 5) is 14.5. The fraction of sp³-hybridized carbons (Fsp3) is 0.238. The van der Waals surface area contributed by atoms with Crippen LogP contribution in [0.2, 0.25) is 5.02 Å². The zero-order valence-electron chi connectivity index (χ0n) is 17.2.